The molecule has 0 aliphatic carbocycles. The van der Waals surface area contributed by atoms with Crippen molar-refractivity contribution in [1.82, 2.24) is 0 Å². The van der Waals surface area contributed by atoms with Crippen molar-refractivity contribution < 1.29 is 0 Å². The third kappa shape index (κ3) is 5.61. The molecule has 0 saturated heterocycles. The van der Waals surface area contributed by atoms with Crippen molar-refractivity contribution >= 4 is 66.4 Å². The third-order valence-corrected chi connectivity index (χ3v) is 9.54. The van der Waals surface area contributed by atoms with Gasteiger partial charge in [0.1, 0.15) is 0 Å². The molecule has 0 spiro atoms. The summed E-state index contributed by atoms with van der Waals surface area (Å²) in [6, 6.07) is 48.8. The van der Waals surface area contributed by atoms with Gasteiger partial charge in [-0.2, -0.15) is 0 Å². The highest BCUT2D eigenvalue weighted by Crippen LogP contribution is 2.51. The lowest BCUT2D eigenvalue weighted by molar-refractivity contribution is 0.712. The summed E-state index contributed by atoms with van der Waals surface area (Å²) in [7, 11) is 0. The van der Waals surface area contributed by atoms with Gasteiger partial charge in [0.2, 0.25) is 0 Å². The molecule has 0 bridgehead atoms. The molecule has 6 aromatic rings. The van der Waals surface area contributed by atoms with Gasteiger partial charge < -0.3 is 0 Å². The van der Waals surface area contributed by atoms with Crippen LogP contribution < -0.4 is 0 Å². The Balaban J connectivity index is 1.74. The second-order valence-corrected chi connectivity index (χ2v) is 13.1. The van der Waals surface area contributed by atoms with E-state index < -0.39 is 5.41 Å². The van der Waals surface area contributed by atoms with Gasteiger partial charge in [0.05, 0.1) is 5.41 Å². The fourth-order valence-electron chi connectivity index (χ4n) is 5.68. The van der Waals surface area contributed by atoms with Crippen molar-refractivity contribution in [3.05, 3.63) is 166 Å². The van der Waals surface area contributed by atoms with Gasteiger partial charge in [0, 0.05) is 24.1 Å². The van der Waals surface area contributed by atoms with Gasteiger partial charge in [-0.1, -0.05) is 94.8 Å². The molecule has 0 aromatic heterocycles. The average molecular weight is 680 g/mol. The Morgan fingerprint density at radius 3 is 1.33 bits per heavy atom. The van der Waals surface area contributed by atoms with E-state index in [1.54, 1.807) is 0 Å². The number of hydrogen-bond donors (Lipinski definition) is 4. The number of thiol groups is 4. The van der Waals surface area contributed by atoms with Crippen LogP contribution in [0.15, 0.2) is 164 Å². The van der Waals surface area contributed by atoms with E-state index in [0.29, 0.717) is 0 Å². The van der Waals surface area contributed by atoms with E-state index in [1.165, 1.54) is 0 Å². The van der Waals surface area contributed by atoms with Crippen LogP contribution in [0.5, 0.6) is 0 Å². The van der Waals surface area contributed by atoms with Crippen molar-refractivity contribution in [3.63, 3.8) is 0 Å². The van der Waals surface area contributed by atoms with Crippen LogP contribution in [0, 0.1) is 0 Å². The molecule has 6 rings (SSSR count). The van der Waals surface area contributed by atoms with Crippen molar-refractivity contribution in [2.45, 2.75) is 25.0 Å². The van der Waals surface area contributed by atoms with Crippen molar-refractivity contribution in [3.8, 4) is 22.3 Å². The summed E-state index contributed by atoms with van der Waals surface area (Å²) in [6.07, 6.45) is 0. The fourth-order valence-corrected chi connectivity index (χ4v) is 6.99. The maximum absolute atomic E-state index is 5.13. The highest BCUT2D eigenvalue weighted by atomic mass is 79.9. The normalized spacial score (nSPS) is 11.5. The minimum absolute atomic E-state index is 0.738. The van der Waals surface area contributed by atoms with E-state index in [0.717, 1.165) is 68.6 Å². The summed E-state index contributed by atoms with van der Waals surface area (Å²) in [4.78, 5) is 3.65. The van der Waals surface area contributed by atoms with Gasteiger partial charge in [-0.05, 0) is 105 Å². The van der Waals surface area contributed by atoms with Crippen LogP contribution in [0.4, 0.5) is 0 Å². The molecule has 0 saturated carbocycles. The average Bonchev–Trinajstić information content (AvgIpc) is 3.01. The van der Waals surface area contributed by atoms with E-state index in [4.69, 9.17) is 25.3 Å². The molecule has 6 aromatic carbocycles. The zero-order valence-corrected chi connectivity index (χ0v) is 27.6. The Labute approximate surface area is 278 Å². The Hall–Kier alpha value is -2.80. The summed E-state index contributed by atoms with van der Waals surface area (Å²) in [6.45, 7) is 0. The first kappa shape index (κ1) is 29.3. The van der Waals surface area contributed by atoms with Gasteiger partial charge in [0.25, 0.3) is 0 Å². The Morgan fingerprint density at radius 2 is 0.857 bits per heavy atom. The quantitative estimate of drug-likeness (QED) is 0.0978. The molecule has 5 heteroatoms. The Bertz CT molecular complexity index is 1770. The first-order valence-electron chi connectivity index (χ1n) is 13.4. The maximum atomic E-state index is 5.13. The summed E-state index contributed by atoms with van der Waals surface area (Å²) in [5.41, 5.74) is 8.08. The van der Waals surface area contributed by atoms with Crippen LogP contribution in [0.2, 0.25) is 0 Å². The lowest BCUT2D eigenvalue weighted by Crippen LogP contribution is -2.32. The van der Waals surface area contributed by atoms with Crippen LogP contribution in [0.25, 0.3) is 22.3 Å². The highest BCUT2D eigenvalue weighted by molar-refractivity contribution is 9.10. The van der Waals surface area contributed by atoms with Gasteiger partial charge in [0.15, 0.2) is 0 Å². The van der Waals surface area contributed by atoms with Crippen LogP contribution in [0.3, 0.4) is 0 Å². The molecule has 0 heterocycles. The molecule has 0 radical (unpaired) electrons. The first-order valence-corrected chi connectivity index (χ1v) is 16.0. The minimum Gasteiger partial charge on any atom is -0.143 e. The number of rotatable bonds is 6. The largest absolute Gasteiger partial charge is 0.143 e. The molecule has 0 aliphatic heterocycles. The SMILES string of the molecule is Sc1ccc(-c2ccc(S)c(C(c3ccccc3)(c3cccc(Br)c3)c3cc(-c4ccc(S)cc4)ccc3S)c2)cc1. The molecule has 0 N–H and O–H groups in total. The minimum atomic E-state index is -0.738. The molecule has 42 heavy (non-hydrogen) atoms. The van der Waals surface area contributed by atoms with Crippen LogP contribution >= 0.6 is 66.4 Å². The highest BCUT2D eigenvalue weighted by Gasteiger charge is 2.41. The summed E-state index contributed by atoms with van der Waals surface area (Å²) in [5, 5.41) is 0. The maximum Gasteiger partial charge on any atom is 0.0723 e. The number of benzene rings is 6. The summed E-state index contributed by atoms with van der Waals surface area (Å²) in [5.74, 6) is 0. The second kappa shape index (κ2) is 12.4. The Morgan fingerprint density at radius 1 is 0.405 bits per heavy atom. The summed E-state index contributed by atoms with van der Waals surface area (Å²) >= 11 is 23.0. The predicted octanol–water partition coefficient (Wildman–Crippen LogP) is 11.3. The Kier molecular flexibility index (Phi) is 8.67. The standard InChI is InChI=1S/C37H27BrS4/c38-30-8-4-7-29(23-30)37(28-5-2-1-3-6-28,33-21-26(13-19-35(33)41)24-9-15-31(39)16-10-24)34-22-27(14-20-36(34)42)25-11-17-32(40)18-12-25/h1-23,39-42H. The van der Waals surface area contributed by atoms with Crippen LogP contribution in [0.1, 0.15) is 22.3 Å². The second-order valence-electron chi connectivity index (χ2n) is 10.2. The van der Waals surface area contributed by atoms with Gasteiger partial charge in [-0.25, -0.2) is 0 Å². The molecule has 0 fully saturated rings. The van der Waals surface area contributed by atoms with Crippen molar-refractivity contribution in [2.24, 2.45) is 0 Å². The monoisotopic (exact) mass is 678 g/mol. The van der Waals surface area contributed by atoms with E-state index in [1.807, 2.05) is 24.3 Å². The van der Waals surface area contributed by atoms with Gasteiger partial charge in [-0.15, -0.1) is 50.5 Å². The van der Waals surface area contributed by atoms with Crippen LogP contribution in [-0.4, -0.2) is 0 Å². The molecule has 206 valence electrons. The van der Waals surface area contributed by atoms with E-state index in [-0.39, 0.29) is 0 Å². The zero-order valence-electron chi connectivity index (χ0n) is 22.4. The van der Waals surface area contributed by atoms with Crippen molar-refractivity contribution in [1.29, 1.82) is 0 Å². The molecule has 0 unspecified atom stereocenters. The topological polar surface area (TPSA) is 0 Å². The number of hydrogen-bond acceptors (Lipinski definition) is 4. The van der Waals surface area contributed by atoms with Gasteiger partial charge in [-0.3, -0.25) is 0 Å². The lowest BCUT2D eigenvalue weighted by Gasteiger charge is -2.39. The smallest absolute Gasteiger partial charge is 0.0723 e. The van der Waals surface area contributed by atoms with Crippen LogP contribution in [-0.2, 0) is 5.41 Å². The summed E-state index contributed by atoms with van der Waals surface area (Å²) < 4.78 is 1.00. The molecule has 0 aliphatic rings. The lowest BCUT2D eigenvalue weighted by atomic mass is 9.64. The fraction of sp³-hybridized carbons (Fsp3) is 0.0270. The van der Waals surface area contributed by atoms with Crippen molar-refractivity contribution in [2.75, 3.05) is 0 Å². The predicted molar refractivity (Wildman–Crippen MR) is 192 cm³/mol. The van der Waals surface area contributed by atoms with Gasteiger partial charge >= 0.3 is 0 Å². The molecule has 0 atom stereocenters. The molecule has 0 amide bonds. The van der Waals surface area contributed by atoms with E-state index in [2.05, 4.69) is 156 Å². The molecular formula is C37H27BrS4. The van der Waals surface area contributed by atoms with E-state index >= 15 is 0 Å². The van der Waals surface area contributed by atoms with E-state index in [9.17, 15) is 0 Å². The first-order chi connectivity index (χ1) is 20.4. The third-order valence-electron chi connectivity index (χ3n) is 7.67. The molecular weight excluding hydrogens is 653 g/mol. The number of halogens is 1. The zero-order chi connectivity index (χ0) is 29.3. The molecule has 0 nitrogen and oxygen atoms in total.